The number of halogens is 1. The fraction of sp³-hybridized carbons (Fsp3) is 0.263. The summed E-state index contributed by atoms with van der Waals surface area (Å²) in [5.41, 5.74) is 8.73. The Kier molecular flexibility index (Phi) is 6.11. The molecule has 0 radical (unpaired) electrons. The quantitative estimate of drug-likeness (QED) is 0.637. The molecule has 0 spiro atoms. The van der Waals surface area contributed by atoms with E-state index in [9.17, 15) is 9.18 Å². The van der Waals surface area contributed by atoms with Crippen LogP contribution in [0.2, 0.25) is 0 Å². The molecule has 2 N–H and O–H groups in total. The van der Waals surface area contributed by atoms with Gasteiger partial charge in [0.2, 0.25) is 0 Å². The summed E-state index contributed by atoms with van der Waals surface area (Å²) in [6.45, 7) is 1.98. The number of benzene rings is 1. The van der Waals surface area contributed by atoms with Crippen molar-refractivity contribution in [3.63, 3.8) is 0 Å². The maximum Gasteiger partial charge on any atom is 0.340 e. The zero-order valence-electron chi connectivity index (χ0n) is 14.5. The summed E-state index contributed by atoms with van der Waals surface area (Å²) in [4.78, 5) is 16.9. The third-order valence-corrected chi connectivity index (χ3v) is 3.72. The molecule has 5 nitrogen and oxygen atoms in total. The van der Waals surface area contributed by atoms with Crippen LogP contribution in [-0.4, -0.2) is 25.2 Å². The number of hydrogen-bond donors (Lipinski definition) is 1. The highest BCUT2D eigenvalue weighted by Gasteiger charge is 2.24. The molecule has 2 rings (SSSR count). The first-order chi connectivity index (χ1) is 12.0. The predicted molar refractivity (Wildman–Crippen MR) is 95.4 cm³/mol. The first kappa shape index (κ1) is 18.4. The first-order valence-electron chi connectivity index (χ1n) is 7.89. The van der Waals surface area contributed by atoms with E-state index in [4.69, 9.17) is 15.2 Å². The van der Waals surface area contributed by atoms with Gasteiger partial charge in [0.05, 0.1) is 31.7 Å². The van der Waals surface area contributed by atoms with Crippen molar-refractivity contribution in [3.8, 4) is 11.1 Å². The lowest BCUT2D eigenvalue weighted by Gasteiger charge is -2.17. The normalized spacial score (nSPS) is 10.9. The number of hydrogen-bond acceptors (Lipinski definition) is 5. The standard InChI is InChI=1S/C19H21FN2O3/c1-4-5-15-17(19(23)25-3)16(12-6-8-13(20)9-7-12)14(10-11-24-2)18(21)22-15/h6-11H,4-5H2,1-3H3,(H2,21,22). The van der Waals surface area contributed by atoms with E-state index in [0.717, 1.165) is 6.42 Å². The van der Waals surface area contributed by atoms with Crippen molar-refractivity contribution in [1.29, 1.82) is 0 Å². The van der Waals surface area contributed by atoms with Crippen LogP contribution in [0.4, 0.5) is 10.2 Å². The Balaban J connectivity index is 2.86. The number of nitrogens with two attached hydrogens (primary N) is 1. The minimum atomic E-state index is -0.512. The summed E-state index contributed by atoms with van der Waals surface area (Å²) in [6, 6.07) is 5.85. The van der Waals surface area contributed by atoms with Crippen molar-refractivity contribution in [2.24, 2.45) is 0 Å². The number of rotatable bonds is 6. The minimum Gasteiger partial charge on any atom is -0.504 e. The maximum absolute atomic E-state index is 13.3. The van der Waals surface area contributed by atoms with Crippen molar-refractivity contribution in [2.45, 2.75) is 19.8 Å². The fourth-order valence-corrected chi connectivity index (χ4v) is 2.63. The topological polar surface area (TPSA) is 74.4 Å². The lowest BCUT2D eigenvalue weighted by atomic mass is 9.92. The summed E-state index contributed by atoms with van der Waals surface area (Å²) < 4.78 is 23.3. The molecule has 0 atom stereocenters. The molecular formula is C19H21FN2O3. The van der Waals surface area contributed by atoms with Crippen LogP contribution >= 0.6 is 0 Å². The number of methoxy groups -OCH3 is 2. The average molecular weight is 344 g/mol. The van der Waals surface area contributed by atoms with E-state index in [2.05, 4.69) is 4.98 Å². The average Bonchev–Trinajstić information content (AvgIpc) is 2.61. The number of carbonyl (C=O) groups is 1. The molecule has 0 aliphatic rings. The van der Waals surface area contributed by atoms with E-state index < -0.39 is 5.97 Å². The molecule has 25 heavy (non-hydrogen) atoms. The molecule has 0 fully saturated rings. The van der Waals surface area contributed by atoms with E-state index in [1.165, 1.54) is 32.6 Å². The molecule has 0 amide bonds. The van der Waals surface area contributed by atoms with Gasteiger partial charge < -0.3 is 15.2 Å². The largest absolute Gasteiger partial charge is 0.504 e. The molecule has 0 saturated heterocycles. The Morgan fingerprint density at radius 1 is 1.28 bits per heavy atom. The number of ether oxygens (including phenoxy) is 2. The SMILES string of the molecule is CCCc1nc(N)c(C=COC)c(-c2ccc(F)cc2)c1C(=O)OC. The molecule has 1 aromatic heterocycles. The van der Waals surface area contributed by atoms with E-state index >= 15 is 0 Å². The number of nitrogen functional groups attached to an aromatic ring is 1. The molecule has 132 valence electrons. The van der Waals surface area contributed by atoms with E-state index in [0.29, 0.717) is 34.4 Å². The van der Waals surface area contributed by atoms with Crippen LogP contribution in [0.5, 0.6) is 0 Å². The van der Waals surface area contributed by atoms with Gasteiger partial charge >= 0.3 is 5.97 Å². The summed E-state index contributed by atoms with van der Waals surface area (Å²) in [5, 5.41) is 0. The number of esters is 1. The third-order valence-electron chi connectivity index (χ3n) is 3.72. The van der Waals surface area contributed by atoms with Crippen LogP contribution in [0.15, 0.2) is 30.5 Å². The molecule has 1 aromatic carbocycles. The summed E-state index contributed by atoms with van der Waals surface area (Å²) in [5.74, 6) is -0.612. The lowest BCUT2D eigenvalue weighted by molar-refractivity contribution is 0.0600. The number of carbonyl (C=O) groups excluding carboxylic acids is 1. The van der Waals surface area contributed by atoms with Gasteiger partial charge in [0, 0.05) is 11.1 Å². The zero-order chi connectivity index (χ0) is 18.4. The summed E-state index contributed by atoms with van der Waals surface area (Å²) in [6.07, 6.45) is 4.42. The Labute approximate surface area is 146 Å². The van der Waals surface area contributed by atoms with Gasteiger partial charge in [-0.3, -0.25) is 0 Å². The van der Waals surface area contributed by atoms with Crippen LogP contribution in [0, 0.1) is 5.82 Å². The van der Waals surface area contributed by atoms with Gasteiger partial charge in [-0.2, -0.15) is 0 Å². The second-order valence-corrected chi connectivity index (χ2v) is 5.39. The highest BCUT2D eigenvalue weighted by atomic mass is 19.1. The van der Waals surface area contributed by atoms with Gasteiger partial charge in [0.25, 0.3) is 0 Å². The second-order valence-electron chi connectivity index (χ2n) is 5.39. The Morgan fingerprint density at radius 3 is 2.52 bits per heavy atom. The number of aromatic nitrogens is 1. The van der Waals surface area contributed by atoms with Crippen molar-refractivity contribution in [1.82, 2.24) is 4.98 Å². The molecule has 0 saturated carbocycles. The molecular weight excluding hydrogens is 323 g/mol. The lowest BCUT2D eigenvalue weighted by Crippen LogP contribution is -2.13. The molecule has 1 heterocycles. The number of anilines is 1. The van der Waals surface area contributed by atoms with E-state index in [1.807, 2.05) is 6.92 Å². The summed E-state index contributed by atoms with van der Waals surface area (Å²) in [7, 11) is 2.82. The second kappa shape index (κ2) is 8.28. The molecule has 0 aliphatic carbocycles. The van der Waals surface area contributed by atoms with Crippen molar-refractivity contribution in [3.05, 3.63) is 53.2 Å². The van der Waals surface area contributed by atoms with Crippen LogP contribution < -0.4 is 5.73 Å². The van der Waals surface area contributed by atoms with Crippen molar-refractivity contribution < 1.29 is 18.7 Å². The zero-order valence-corrected chi connectivity index (χ0v) is 14.5. The molecule has 0 aliphatic heterocycles. The Morgan fingerprint density at radius 2 is 1.96 bits per heavy atom. The highest BCUT2D eigenvalue weighted by molar-refractivity contribution is 6.02. The number of nitrogens with zero attached hydrogens (tertiary/aromatic N) is 1. The minimum absolute atomic E-state index is 0.267. The van der Waals surface area contributed by atoms with Gasteiger partial charge in [0.1, 0.15) is 11.6 Å². The number of aryl methyl sites for hydroxylation is 1. The molecule has 2 aromatic rings. The predicted octanol–water partition coefficient (Wildman–Crippen LogP) is 3.83. The van der Waals surface area contributed by atoms with Crippen LogP contribution in [0.25, 0.3) is 17.2 Å². The Hall–Kier alpha value is -2.89. The number of pyridine rings is 1. The smallest absolute Gasteiger partial charge is 0.340 e. The van der Waals surface area contributed by atoms with Gasteiger partial charge in [-0.1, -0.05) is 25.5 Å². The van der Waals surface area contributed by atoms with Crippen LogP contribution in [-0.2, 0) is 15.9 Å². The fourth-order valence-electron chi connectivity index (χ4n) is 2.63. The molecule has 6 heteroatoms. The Bertz CT molecular complexity index is 786. The summed E-state index contributed by atoms with van der Waals surface area (Å²) >= 11 is 0. The van der Waals surface area contributed by atoms with Gasteiger partial charge in [0.15, 0.2) is 0 Å². The highest BCUT2D eigenvalue weighted by Crippen LogP contribution is 2.34. The monoisotopic (exact) mass is 344 g/mol. The first-order valence-corrected chi connectivity index (χ1v) is 7.89. The van der Waals surface area contributed by atoms with E-state index in [-0.39, 0.29) is 11.6 Å². The molecule has 0 unspecified atom stereocenters. The maximum atomic E-state index is 13.3. The molecule has 0 bridgehead atoms. The van der Waals surface area contributed by atoms with Crippen LogP contribution in [0.3, 0.4) is 0 Å². The van der Waals surface area contributed by atoms with Gasteiger partial charge in [-0.05, 0) is 30.2 Å². The van der Waals surface area contributed by atoms with Gasteiger partial charge in [-0.15, -0.1) is 0 Å². The van der Waals surface area contributed by atoms with Crippen molar-refractivity contribution >= 4 is 17.9 Å². The van der Waals surface area contributed by atoms with Gasteiger partial charge in [-0.25, -0.2) is 14.2 Å². The van der Waals surface area contributed by atoms with Crippen molar-refractivity contribution in [2.75, 3.05) is 20.0 Å². The van der Waals surface area contributed by atoms with E-state index in [1.54, 1.807) is 18.2 Å². The third kappa shape index (κ3) is 3.96. The van der Waals surface area contributed by atoms with Crippen LogP contribution in [0.1, 0.15) is 35.0 Å².